The fourth-order valence-corrected chi connectivity index (χ4v) is 3.86. The molecule has 2 aromatic rings. The molecule has 0 bridgehead atoms. The summed E-state index contributed by atoms with van der Waals surface area (Å²) < 4.78 is 5.69. The lowest BCUT2D eigenvalue weighted by Crippen LogP contribution is -2.29. The third kappa shape index (κ3) is 5.32. The monoisotopic (exact) mass is 401 g/mol. The van der Waals surface area contributed by atoms with Crippen molar-refractivity contribution in [1.82, 2.24) is 10.3 Å². The molecular weight excluding hydrogens is 374 g/mol. The lowest BCUT2D eigenvalue weighted by Gasteiger charge is -2.19. The minimum Gasteiger partial charge on any atom is -0.492 e. The predicted octanol–water partition coefficient (Wildman–Crippen LogP) is 3.31. The molecule has 2 amide bonds. The van der Waals surface area contributed by atoms with E-state index < -0.39 is 0 Å². The molecule has 0 spiro atoms. The maximum Gasteiger partial charge on any atom is 0.228 e. The number of hydrogen-bond acceptors (Lipinski definition) is 5. The quantitative estimate of drug-likeness (QED) is 0.723. The maximum absolute atomic E-state index is 12.1. The van der Waals surface area contributed by atoms with Gasteiger partial charge >= 0.3 is 0 Å². The number of amides is 2. The van der Waals surface area contributed by atoms with Crippen LogP contribution in [0.15, 0.2) is 29.6 Å². The Morgan fingerprint density at radius 3 is 2.68 bits per heavy atom. The van der Waals surface area contributed by atoms with Crippen LogP contribution in [-0.4, -0.2) is 36.5 Å². The van der Waals surface area contributed by atoms with Crippen molar-refractivity contribution in [2.24, 2.45) is 0 Å². The van der Waals surface area contributed by atoms with Crippen LogP contribution in [0.4, 0.5) is 5.13 Å². The lowest BCUT2D eigenvalue weighted by atomic mass is 9.87. The van der Waals surface area contributed by atoms with Crippen molar-refractivity contribution >= 4 is 28.3 Å². The van der Waals surface area contributed by atoms with Crippen LogP contribution in [0, 0.1) is 0 Å². The summed E-state index contributed by atoms with van der Waals surface area (Å²) in [6.07, 6.45) is 1.65. The van der Waals surface area contributed by atoms with Gasteiger partial charge in [0.15, 0.2) is 5.13 Å². The Morgan fingerprint density at radius 2 is 2.04 bits per heavy atom. The summed E-state index contributed by atoms with van der Waals surface area (Å²) in [5, 5.41) is 5.37. The normalized spacial score (nSPS) is 14.4. The van der Waals surface area contributed by atoms with Crippen LogP contribution in [0.1, 0.15) is 44.9 Å². The number of nitrogens with one attached hydrogen (secondary N) is 1. The largest absolute Gasteiger partial charge is 0.492 e. The summed E-state index contributed by atoms with van der Waals surface area (Å²) >= 11 is 1.41. The Bertz CT molecular complexity index is 824. The van der Waals surface area contributed by atoms with Crippen LogP contribution in [0.2, 0.25) is 0 Å². The summed E-state index contributed by atoms with van der Waals surface area (Å²) in [5.74, 6) is 0.802. The molecule has 1 aliphatic heterocycles. The van der Waals surface area contributed by atoms with Crippen LogP contribution in [0.25, 0.3) is 0 Å². The maximum atomic E-state index is 12.1. The van der Waals surface area contributed by atoms with Crippen molar-refractivity contribution in [3.05, 3.63) is 40.9 Å². The Kier molecular flexibility index (Phi) is 6.34. The first-order valence-corrected chi connectivity index (χ1v) is 10.5. The van der Waals surface area contributed by atoms with E-state index in [1.165, 1.54) is 16.9 Å². The van der Waals surface area contributed by atoms with Crippen molar-refractivity contribution in [3.8, 4) is 5.75 Å². The first kappa shape index (κ1) is 20.3. The van der Waals surface area contributed by atoms with Crippen LogP contribution >= 0.6 is 11.3 Å². The molecule has 0 saturated carbocycles. The van der Waals surface area contributed by atoms with Gasteiger partial charge in [0.1, 0.15) is 12.4 Å². The van der Waals surface area contributed by atoms with Gasteiger partial charge in [0.2, 0.25) is 11.8 Å². The van der Waals surface area contributed by atoms with E-state index in [1.807, 2.05) is 17.5 Å². The Balaban J connectivity index is 1.39. The molecule has 0 radical (unpaired) electrons. The fourth-order valence-electron chi connectivity index (χ4n) is 2.99. The first-order chi connectivity index (χ1) is 13.3. The van der Waals surface area contributed by atoms with Crippen molar-refractivity contribution in [1.29, 1.82) is 0 Å². The minimum atomic E-state index is -0.101. The van der Waals surface area contributed by atoms with E-state index in [4.69, 9.17) is 4.74 Å². The molecule has 3 rings (SSSR count). The second kappa shape index (κ2) is 8.73. The number of aromatic nitrogens is 1. The number of nitrogens with zero attached hydrogens (tertiary/aromatic N) is 2. The number of ether oxygens (including phenoxy) is 1. The summed E-state index contributed by atoms with van der Waals surface area (Å²) in [7, 11) is 0. The molecule has 0 aliphatic carbocycles. The Morgan fingerprint density at radius 1 is 1.29 bits per heavy atom. The summed E-state index contributed by atoms with van der Waals surface area (Å²) in [6, 6.07) is 8.05. The molecule has 1 aromatic heterocycles. The van der Waals surface area contributed by atoms with E-state index in [1.54, 1.807) is 4.90 Å². The van der Waals surface area contributed by atoms with Crippen molar-refractivity contribution in [2.75, 3.05) is 24.6 Å². The van der Waals surface area contributed by atoms with Gasteiger partial charge in [-0.2, -0.15) is 0 Å². The molecule has 7 heteroatoms. The number of benzene rings is 1. The standard InChI is InChI=1S/C21H27N3O3S/c1-21(2,3)15-6-8-17(9-7-15)27-12-10-22-18(25)13-16-14-28-20(23-16)24-11-4-5-19(24)26/h6-9,14H,4-5,10-13H2,1-3H3,(H,22,25). The number of carbonyl (C=O) groups excluding carboxylic acids is 2. The zero-order chi connectivity index (χ0) is 20.1. The van der Waals surface area contributed by atoms with E-state index in [2.05, 4.69) is 43.2 Å². The molecule has 1 aliphatic rings. The molecule has 150 valence electrons. The zero-order valence-corrected chi connectivity index (χ0v) is 17.5. The van der Waals surface area contributed by atoms with Crippen LogP contribution in [0.3, 0.4) is 0 Å². The minimum absolute atomic E-state index is 0.101. The zero-order valence-electron chi connectivity index (χ0n) is 16.7. The van der Waals surface area contributed by atoms with Crippen LogP contribution in [0.5, 0.6) is 5.75 Å². The Labute approximate surface area is 169 Å². The number of rotatable bonds is 7. The third-order valence-electron chi connectivity index (χ3n) is 4.60. The molecule has 1 saturated heterocycles. The average molecular weight is 402 g/mol. The topological polar surface area (TPSA) is 71.5 Å². The molecule has 1 fully saturated rings. The van der Waals surface area contributed by atoms with Gasteiger partial charge < -0.3 is 10.1 Å². The summed E-state index contributed by atoms with van der Waals surface area (Å²) in [5.41, 5.74) is 2.06. The van der Waals surface area contributed by atoms with E-state index in [0.717, 1.165) is 12.2 Å². The van der Waals surface area contributed by atoms with Crippen molar-refractivity contribution in [2.45, 2.75) is 45.4 Å². The highest BCUT2D eigenvalue weighted by Gasteiger charge is 2.24. The second-order valence-electron chi connectivity index (χ2n) is 7.92. The molecule has 1 N–H and O–H groups in total. The highest BCUT2D eigenvalue weighted by molar-refractivity contribution is 7.14. The third-order valence-corrected chi connectivity index (χ3v) is 5.51. The SMILES string of the molecule is CC(C)(C)c1ccc(OCCNC(=O)Cc2csc(N3CCCC3=O)n2)cc1. The summed E-state index contributed by atoms with van der Waals surface area (Å²) in [4.78, 5) is 30.0. The fraction of sp³-hybridized carbons (Fsp3) is 0.476. The highest BCUT2D eigenvalue weighted by Crippen LogP contribution is 2.26. The lowest BCUT2D eigenvalue weighted by molar-refractivity contribution is -0.120. The van der Waals surface area contributed by atoms with E-state index in [-0.39, 0.29) is 23.7 Å². The van der Waals surface area contributed by atoms with Gasteiger partial charge in [0.05, 0.1) is 18.7 Å². The second-order valence-corrected chi connectivity index (χ2v) is 8.76. The number of hydrogen-bond donors (Lipinski definition) is 1. The number of carbonyl (C=O) groups is 2. The number of thiazole rings is 1. The van der Waals surface area contributed by atoms with Gasteiger partial charge in [0, 0.05) is 18.3 Å². The van der Waals surface area contributed by atoms with Gasteiger partial charge in [-0.05, 0) is 29.5 Å². The van der Waals surface area contributed by atoms with Crippen molar-refractivity contribution < 1.29 is 14.3 Å². The number of anilines is 1. The van der Waals surface area contributed by atoms with Gasteiger partial charge in [-0.1, -0.05) is 32.9 Å². The molecule has 6 nitrogen and oxygen atoms in total. The predicted molar refractivity (Wildman–Crippen MR) is 111 cm³/mol. The van der Waals surface area contributed by atoms with Crippen LogP contribution < -0.4 is 15.0 Å². The van der Waals surface area contributed by atoms with Crippen molar-refractivity contribution in [3.63, 3.8) is 0 Å². The van der Waals surface area contributed by atoms with E-state index >= 15 is 0 Å². The highest BCUT2D eigenvalue weighted by atomic mass is 32.1. The molecular formula is C21H27N3O3S. The van der Waals surface area contributed by atoms with Gasteiger partial charge in [-0.25, -0.2) is 4.98 Å². The van der Waals surface area contributed by atoms with E-state index in [0.29, 0.717) is 36.9 Å². The van der Waals surface area contributed by atoms with Crippen LogP contribution in [-0.2, 0) is 21.4 Å². The molecule has 0 unspecified atom stereocenters. The molecule has 2 heterocycles. The van der Waals surface area contributed by atoms with Gasteiger partial charge in [-0.15, -0.1) is 11.3 Å². The molecule has 0 atom stereocenters. The molecule has 28 heavy (non-hydrogen) atoms. The first-order valence-electron chi connectivity index (χ1n) is 9.58. The Hall–Kier alpha value is -2.41. The molecule has 1 aromatic carbocycles. The average Bonchev–Trinajstić information content (AvgIpc) is 3.27. The van der Waals surface area contributed by atoms with Gasteiger partial charge in [0.25, 0.3) is 0 Å². The smallest absolute Gasteiger partial charge is 0.228 e. The summed E-state index contributed by atoms with van der Waals surface area (Å²) in [6.45, 7) is 8.07. The van der Waals surface area contributed by atoms with Gasteiger partial charge in [-0.3, -0.25) is 14.5 Å². The van der Waals surface area contributed by atoms with E-state index in [9.17, 15) is 9.59 Å².